The first-order chi connectivity index (χ1) is 8.22. The molecule has 1 N–H and O–H groups in total. The lowest BCUT2D eigenvalue weighted by molar-refractivity contribution is 0.987. The van der Waals surface area contributed by atoms with Crippen LogP contribution in [0.1, 0.15) is 11.4 Å². The summed E-state index contributed by atoms with van der Waals surface area (Å²) in [6, 6.07) is 1.85. The van der Waals surface area contributed by atoms with Gasteiger partial charge in [0.15, 0.2) is 0 Å². The van der Waals surface area contributed by atoms with Gasteiger partial charge < -0.3 is 5.32 Å². The molecule has 0 aliphatic rings. The van der Waals surface area contributed by atoms with E-state index in [9.17, 15) is 0 Å². The zero-order valence-corrected chi connectivity index (χ0v) is 9.77. The van der Waals surface area contributed by atoms with Gasteiger partial charge in [0.25, 0.3) is 0 Å². The Labute approximate surface area is 100 Å². The Morgan fingerprint density at radius 2 is 2.24 bits per heavy atom. The SMILES string of the molecule is C=CCNC(=C)c1nc2cnccc2nc1C. The van der Waals surface area contributed by atoms with Crippen LogP contribution in [-0.2, 0) is 0 Å². The van der Waals surface area contributed by atoms with Gasteiger partial charge in [0.2, 0.25) is 0 Å². The van der Waals surface area contributed by atoms with Crippen molar-refractivity contribution in [2.75, 3.05) is 6.54 Å². The largest absolute Gasteiger partial charge is 0.380 e. The number of rotatable bonds is 4. The van der Waals surface area contributed by atoms with Crippen molar-refractivity contribution in [1.82, 2.24) is 20.3 Å². The lowest BCUT2D eigenvalue weighted by Gasteiger charge is -2.10. The highest BCUT2D eigenvalue weighted by atomic mass is 14.9. The summed E-state index contributed by atoms with van der Waals surface area (Å²) in [6.45, 7) is 10.2. The first kappa shape index (κ1) is 11.3. The molecule has 4 nitrogen and oxygen atoms in total. The van der Waals surface area contributed by atoms with Crippen LogP contribution in [0.25, 0.3) is 16.7 Å². The van der Waals surface area contributed by atoms with E-state index in [0.29, 0.717) is 6.54 Å². The van der Waals surface area contributed by atoms with E-state index in [1.807, 2.05) is 13.0 Å². The van der Waals surface area contributed by atoms with Crippen molar-refractivity contribution in [3.8, 4) is 0 Å². The number of pyridine rings is 1. The maximum absolute atomic E-state index is 4.51. The highest BCUT2D eigenvalue weighted by molar-refractivity contribution is 5.76. The average molecular weight is 226 g/mol. The molecule has 0 spiro atoms. The van der Waals surface area contributed by atoms with E-state index >= 15 is 0 Å². The molecule has 2 heterocycles. The minimum absolute atomic E-state index is 0.658. The van der Waals surface area contributed by atoms with Gasteiger partial charge in [0.1, 0.15) is 11.2 Å². The molecule has 86 valence electrons. The summed E-state index contributed by atoms with van der Waals surface area (Å²) in [4.78, 5) is 13.0. The zero-order chi connectivity index (χ0) is 12.3. The van der Waals surface area contributed by atoms with E-state index in [0.717, 1.165) is 28.1 Å². The third-order valence-corrected chi connectivity index (χ3v) is 2.39. The number of hydrogen-bond acceptors (Lipinski definition) is 4. The average Bonchev–Trinajstić information content (AvgIpc) is 2.35. The molecule has 0 atom stereocenters. The third kappa shape index (κ3) is 2.30. The summed E-state index contributed by atoms with van der Waals surface area (Å²) in [6.07, 6.45) is 5.18. The van der Waals surface area contributed by atoms with Crippen LogP contribution in [0.4, 0.5) is 0 Å². The molecule has 0 saturated carbocycles. The highest BCUT2D eigenvalue weighted by Gasteiger charge is 2.07. The van der Waals surface area contributed by atoms with Crippen molar-refractivity contribution in [2.45, 2.75) is 6.92 Å². The molecule has 0 fully saturated rings. The molecule has 0 unspecified atom stereocenters. The topological polar surface area (TPSA) is 50.7 Å². The van der Waals surface area contributed by atoms with Crippen LogP contribution in [-0.4, -0.2) is 21.5 Å². The molecule has 0 bridgehead atoms. The van der Waals surface area contributed by atoms with Gasteiger partial charge in [-0.3, -0.25) is 4.98 Å². The smallest absolute Gasteiger partial charge is 0.108 e. The summed E-state index contributed by atoms with van der Waals surface area (Å²) in [5.41, 5.74) is 3.99. The minimum Gasteiger partial charge on any atom is -0.380 e. The standard InChI is InChI=1S/C13H14N4/c1-4-6-15-9(2)13-10(3)16-11-5-7-14-8-12(11)17-13/h4-5,7-8,15H,1-2,6H2,3H3. The van der Waals surface area contributed by atoms with Crippen molar-refractivity contribution in [3.05, 3.63) is 49.1 Å². The van der Waals surface area contributed by atoms with Crippen LogP contribution in [0.3, 0.4) is 0 Å². The monoisotopic (exact) mass is 226 g/mol. The predicted molar refractivity (Wildman–Crippen MR) is 69.3 cm³/mol. The summed E-state index contributed by atoms with van der Waals surface area (Å²) in [7, 11) is 0. The first-order valence-electron chi connectivity index (χ1n) is 5.35. The Balaban J connectivity index is 2.43. The fourth-order valence-corrected chi connectivity index (χ4v) is 1.56. The number of aryl methyl sites for hydroxylation is 1. The Hall–Kier alpha value is -2.23. The summed E-state index contributed by atoms with van der Waals surface area (Å²) in [5.74, 6) is 0. The van der Waals surface area contributed by atoms with E-state index in [1.54, 1.807) is 18.5 Å². The number of hydrogen-bond donors (Lipinski definition) is 1. The van der Waals surface area contributed by atoms with Gasteiger partial charge >= 0.3 is 0 Å². The van der Waals surface area contributed by atoms with E-state index in [-0.39, 0.29) is 0 Å². The van der Waals surface area contributed by atoms with E-state index in [4.69, 9.17) is 0 Å². The highest BCUT2D eigenvalue weighted by Crippen LogP contribution is 2.15. The van der Waals surface area contributed by atoms with Crippen LogP contribution < -0.4 is 5.32 Å². The second kappa shape index (κ2) is 4.74. The van der Waals surface area contributed by atoms with Gasteiger partial charge in [0.05, 0.1) is 23.1 Å². The molecule has 0 aliphatic heterocycles. The molecule has 17 heavy (non-hydrogen) atoms. The molecule has 4 heteroatoms. The van der Waals surface area contributed by atoms with Crippen molar-refractivity contribution in [1.29, 1.82) is 0 Å². The van der Waals surface area contributed by atoms with Gasteiger partial charge in [-0.1, -0.05) is 12.7 Å². The Bertz CT molecular complexity index is 575. The Morgan fingerprint density at radius 1 is 1.41 bits per heavy atom. The van der Waals surface area contributed by atoms with Crippen molar-refractivity contribution in [3.63, 3.8) is 0 Å². The maximum atomic E-state index is 4.51. The second-order valence-corrected chi connectivity index (χ2v) is 3.67. The molecule has 2 aromatic rings. The van der Waals surface area contributed by atoms with Crippen LogP contribution >= 0.6 is 0 Å². The first-order valence-corrected chi connectivity index (χ1v) is 5.35. The van der Waals surface area contributed by atoms with Gasteiger partial charge in [0, 0.05) is 12.7 Å². The molecular weight excluding hydrogens is 212 g/mol. The van der Waals surface area contributed by atoms with Crippen LogP contribution in [0.15, 0.2) is 37.7 Å². The van der Waals surface area contributed by atoms with Crippen molar-refractivity contribution >= 4 is 16.7 Å². The second-order valence-electron chi connectivity index (χ2n) is 3.67. The van der Waals surface area contributed by atoms with Gasteiger partial charge in [-0.25, -0.2) is 9.97 Å². The normalized spacial score (nSPS) is 10.2. The summed E-state index contributed by atoms with van der Waals surface area (Å²) in [5, 5.41) is 3.12. The molecule has 0 radical (unpaired) electrons. The molecule has 0 aromatic carbocycles. The molecule has 2 rings (SSSR count). The Morgan fingerprint density at radius 3 is 3.00 bits per heavy atom. The minimum atomic E-state index is 0.658. The number of aromatic nitrogens is 3. The number of fused-ring (bicyclic) bond motifs is 1. The van der Waals surface area contributed by atoms with Crippen molar-refractivity contribution < 1.29 is 0 Å². The predicted octanol–water partition coefficient (Wildman–Crippen LogP) is 2.08. The van der Waals surface area contributed by atoms with E-state index in [2.05, 4.69) is 33.4 Å². The quantitative estimate of drug-likeness (QED) is 0.811. The molecule has 0 amide bonds. The van der Waals surface area contributed by atoms with Gasteiger partial charge in [-0.15, -0.1) is 6.58 Å². The van der Waals surface area contributed by atoms with E-state index < -0.39 is 0 Å². The number of nitrogens with zero attached hydrogens (tertiary/aromatic N) is 3. The molecule has 0 saturated heterocycles. The fraction of sp³-hybridized carbons (Fsp3) is 0.154. The fourth-order valence-electron chi connectivity index (χ4n) is 1.56. The zero-order valence-electron chi connectivity index (χ0n) is 9.77. The lowest BCUT2D eigenvalue weighted by Crippen LogP contribution is -2.13. The number of nitrogens with one attached hydrogen (secondary N) is 1. The van der Waals surface area contributed by atoms with E-state index in [1.165, 1.54) is 0 Å². The Kier molecular flexibility index (Phi) is 3.14. The third-order valence-electron chi connectivity index (χ3n) is 2.39. The van der Waals surface area contributed by atoms with Gasteiger partial charge in [-0.2, -0.15) is 0 Å². The van der Waals surface area contributed by atoms with Gasteiger partial charge in [-0.05, 0) is 13.0 Å². The van der Waals surface area contributed by atoms with Crippen molar-refractivity contribution in [2.24, 2.45) is 0 Å². The molecular formula is C13H14N4. The summed E-state index contributed by atoms with van der Waals surface area (Å²) < 4.78 is 0. The molecule has 2 aromatic heterocycles. The summed E-state index contributed by atoms with van der Waals surface area (Å²) >= 11 is 0. The maximum Gasteiger partial charge on any atom is 0.108 e. The van der Waals surface area contributed by atoms with Crippen LogP contribution in [0.2, 0.25) is 0 Å². The van der Waals surface area contributed by atoms with Crippen LogP contribution in [0.5, 0.6) is 0 Å². The van der Waals surface area contributed by atoms with Crippen LogP contribution in [0, 0.1) is 6.92 Å². The molecule has 0 aliphatic carbocycles. The lowest BCUT2D eigenvalue weighted by atomic mass is 10.2.